The van der Waals surface area contributed by atoms with E-state index in [1.807, 2.05) is 35.9 Å². The molecule has 7 nitrogen and oxygen atoms in total. The van der Waals surface area contributed by atoms with Crippen LogP contribution in [0.25, 0.3) is 16.9 Å². The highest BCUT2D eigenvalue weighted by Crippen LogP contribution is 2.35. The van der Waals surface area contributed by atoms with Crippen LogP contribution in [0.1, 0.15) is 66.2 Å². The predicted molar refractivity (Wildman–Crippen MR) is 146 cm³/mol. The second kappa shape index (κ2) is 11.4. The molecule has 1 aromatic heterocycles. The summed E-state index contributed by atoms with van der Waals surface area (Å²) in [5, 5.41) is 5.00. The number of anilines is 1. The fourth-order valence-electron chi connectivity index (χ4n) is 3.99. The number of carbonyl (C=O) groups is 1. The van der Waals surface area contributed by atoms with Crippen LogP contribution in [-0.4, -0.2) is 35.4 Å². The average Bonchev–Trinajstić information content (AvgIpc) is 3.27. The minimum Gasteiger partial charge on any atom is -0.493 e. The van der Waals surface area contributed by atoms with Crippen LogP contribution in [0.3, 0.4) is 0 Å². The van der Waals surface area contributed by atoms with Gasteiger partial charge in [-0.3, -0.25) is 4.89 Å². The van der Waals surface area contributed by atoms with Gasteiger partial charge in [0.25, 0.3) is 0 Å². The van der Waals surface area contributed by atoms with E-state index < -0.39 is 12.1 Å². The van der Waals surface area contributed by atoms with Gasteiger partial charge in [0.05, 0.1) is 35.3 Å². The lowest BCUT2D eigenvalue weighted by molar-refractivity contribution is -0.304. The molecule has 0 amide bonds. The lowest BCUT2D eigenvalue weighted by Gasteiger charge is -2.34. The van der Waals surface area contributed by atoms with Gasteiger partial charge in [0.1, 0.15) is 11.9 Å². The van der Waals surface area contributed by atoms with Gasteiger partial charge in [-0.05, 0) is 48.6 Å². The quantitative estimate of drug-likeness (QED) is 0.224. The van der Waals surface area contributed by atoms with Crippen LogP contribution >= 0.6 is 0 Å². The summed E-state index contributed by atoms with van der Waals surface area (Å²) < 4.78 is 8.08. The molecule has 1 fully saturated rings. The van der Waals surface area contributed by atoms with Crippen molar-refractivity contribution in [3.8, 4) is 22.7 Å². The van der Waals surface area contributed by atoms with E-state index in [1.54, 1.807) is 13.8 Å². The number of hydrogen-bond acceptors (Lipinski definition) is 6. The van der Waals surface area contributed by atoms with Gasteiger partial charge < -0.3 is 9.64 Å². The largest absolute Gasteiger partial charge is 0.493 e. The first-order chi connectivity index (χ1) is 17.7. The number of para-hydroxylation sites is 2. The van der Waals surface area contributed by atoms with Crippen LogP contribution in [0.5, 0.6) is 5.75 Å². The van der Waals surface area contributed by atoms with E-state index in [0.717, 1.165) is 41.5 Å². The Balaban J connectivity index is 1.75. The van der Waals surface area contributed by atoms with Gasteiger partial charge in [0.15, 0.2) is 0 Å². The lowest BCUT2D eigenvalue weighted by atomic mass is 9.99. The second-order valence-corrected chi connectivity index (χ2v) is 11.1. The smallest absolute Gasteiger partial charge is 0.344 e. The Hall–Kier alpha value is -3.32. The molecule has 0 bridgehead atoms. The Labute approximate surface area is 220 Å². The summed E-state index contributed by atoms with van der Waals surface area (Å²) in [5.41, 5.74) is 4.80. The van der Waals surface area contributed by atoms with E-state index in [2.05, 4.69) is 56.0 Å². The highest BCUT2D eigenvalue weighted by Gasteiger charge is 2.25. The molecule has 198 valence electrons. The van der Waals surface area contributed by atoms with Gasteiger partial charge in [-0.15, -0.1) is 0 Å². The first-order valence-electron chi connectivity index (χ1n) is 13.2. The van der Waals surface area contributed by atoms with Crippen molar-refractivity contribution < 1.29 is 19.3 Å². The van der Waals surface area contributed by atoms with Crippen molar-refractivity contribution in [2.24, 2.45) is 11.3 Å². The Bertz CT molecular complexity index is 1210. The second-order valence-electron chi connectivity index (χ2n) is 11.1. The summed E-state index contributed by atoms with van der Waals surface area (Å²) >= 11 is 0. The zero-order valence-corrected chi connectivity index (χ0v) is 22.9. The third kappa shape index (κ3) is 6.52. The van der Waals surface area contributed by atoms with Crippen LogP contribution in [0.15, 0.2) is 54.6 Å². The van der Waals surface area contributed by atoms with Crippen molar-refractivity contribution in [1.82, 2.24) is 9.78 Å². The third-order valence-corrected chi connectivity index (χ3v) is 6.26. The molecule has 0 radical (unpaired) electrons. The van der Waals surface area contributed by atoms with Crippen molar-refractivity contribution >= 4 is 11.7 Å². The van der Waals surface area contributed by atoms with Crippen molar-refractivity contribution in [3.05, 3.63) is 60.3 Å². The molecule has 2 aromatic carbocycles. The van der Waals surface area contributed by atoms with Gasteiger partial charge >= 0.3 is 5.97 Å². The third-order valence-electron chi connectivity index (χ3n) is 6.26. The minimum atomic E-state index is -0.487. The first-order valence-corrected chi connectivity index (χ1v) is 13.2. The summed E-state index contributed by atoms with van der Waals surface area (Å²) in [4.78, 5) is 25.1. The van der Waals surface area contributed by atoms with E-state index in [-0.39, 0.29) is 11.3 Å². The fourth-order valence-corrected chi connectivity index (χ4v) is 3.99. The summed E-state index contributed by atoms with van der Waals surface area (Å²) in [5.74, 6) is 0.140. The Kier molecular flexibility index (Phi) is 8.22. The molecule has 4 rings (SSSR count). The average molecular weight is 506 g/mol. The summed E-state index contributed by atoms with van der Waals surface area (Å²) in [6, 6.07) is 18.4. The maximum Gasteiger partial charge on any atom is 0.344 e. The molecule has 1 aliphatic rings. The number of carbonyl (C=O) groups excluding carboxylic acids is 1. The van der Waals surface area contributed by atoms with E-state index in [0.29, 0.717) is 18.7 Å². The van der Waals surface area contributed by atoms with Crippen LogP contribution in [0.2, 0.25) is 0 Å². The van der Waals surface area contributed by atoms with Gasteiger partial charge in [-0.2, -0.15) is 9.99 Å². The maximum atomic E-state index is 12.0. The van der Waals surface area contributed by atoms with Crippen LogP contribution < -0.4 is 9.64 Å². The topological polar surface area (TPSA) is 65.8 Å². The fraction of sp³-hybridized carbons (Fsp3) is 0.467. The maximum absolute atomic E-state index is 12.0. The van der Waals surface area contributed by atoms with Gasteiger partial charge in [-0.25, -0.2) is 9.48 Å². The molecule has 2 heterocycles. The van der Waals surface area contributed by atoms with Gasteiger partial charge in [-0.1, -0.05) is 65.8 Å². The number of aromatic nitrogens is 2. The van der Waals surface area contributed by atoms with E-state index >= 15 is 0 Å². The van der Waals surface area contributed by atoms with Crippen LogP contribution in [0, 0.1) is 11.3 Å². The minimum absolute atomic E-state index is 0.0558. The summed E-state index contributed by atoms with van der Waals surface area (Å²) in [6.45, 7) is 14.7. The molecule has 0 saturated carbocycles. The zero-order valence-electron chi connectivity index (χ0n) is 22.9. The van der Waals surface area contributed by atoms with Crippen LogP contribution in [-0.2, 0) is 14.6 Å². The molecular weight excluding hydrogens is 466 g/mol. The van der Waals surface area contributed by atoms with Crippen LogP contribution in [0.4, 0.5) is 5.69 Å². The molecule has 37 heavy (non-hydrogen) atoms. The Morgan fingerprint density at radius 2 is 1.76 bits per heavy atom. The Morgan fingerprint density at radius 3 is 2.38 bits per heavy atom. The molecule has 0 aliphatic carbocycles. The van der Waals surface area contributed by atoms with Crippen molar-refractivity contribution in [2.75, 3.05) is 24.6 Å². The monoisotopic (exact) mass is 505 g/mol. The molecule has 1 atom stereocenters. The molecule has 1 unspecified atom stereocenters. The van der Waals surface area contributed by atoms with Crippen molar-refractivity contribution in [1.29, 1.82) is 0 Å². The number of benzene rings is 2. The molecule has 0 spiro atoms. The Morgan fingerprint density at radius 1 is 1.03 bits per heavy atom. The first kappa shape index (κ1) is 26.7. The SMILES string of the molecule is CCC(OOC(=O)C(C)C)c1cc(-c2cccc(OCC(C)(C)C)c2)n(-c2ccccc2N2CCC2)n1. The van der Waals surface area contributed by atoms with Gasteiger partial charge in [0.2, 0.25) is 0 Å². The summed E-state index contributed by atoms with van der Waals surface area (Å²) in [6.07, 6.45) is 1.30. The highest BCUT2D eigenvalue weighted by molar-refractivity contribution is 5.71. The number of nitrogens with zero attached hydrogens (tertiary/aromatic N) is 3. The standard InChI is InChI=1S/C30H39N3O4/c1-7-28(36-37-29(34)21(2)3)24-19-27(22-12-10-13-23(18-22)35-20-30(4,5)6)33(31-24)26-15-9-8-14-25(26)32-16-11-17-32/h8-10,12-15,18-19,21,28H,7,11,16-17,20H2,1-6H3. The molecule has 0 N–H and O–H groups in total. The molecule has 3 aromatic rings. The number of rotatable bonds is 10. The van der Waals surface area contributed by atoms with Crippen molar-refractivity contribution in [3.63, 3.8) is 0 Å². The number of hydrogen-bond donors (Lipinski definition) is 0. The molecule has 1 aliphatic heterocycles. The predicted octanol–water partition coefficient (Wildman–Crippen LogP) is 6.76. The molecule has 7 heteroatoms. The van der Waals surface area contributed by atoms with E-state index in [9.17, 15) is 4.79 Å². The van der Waals surface area contributed by atoms with E-state index in [1.165, 1.54) is 6.42 Å². The van der Waals surface area contributed by atoms with Gasteiger partial charge in [0, 0.05) is 18.7 Å². The lowest BCUT2D eigenvalue weighted by Crippen LogP contribution is -2.37. The van der Waals surface area contributed by atoms with Crippen molar-refractivity contribution in [2.45, 2.75) is 60.5 Å². The normalized spacial score (nSPS) is 14.4. The van der Waals surface area contributed by atoms with E-state index in [4.69, 9.17) is 19.6 Å². The molecule has 1 saturated heterocycles. The molecular formula is C30H39N3O4. The summed E-state index contributed by atoms with van der Waals surface area (Å²) in [7, 11) is 0. The zero-order chi connectivity index (χ0) is 26.6. The number of ether oxygens (including phenoxy) is 1. The highest BCUT2D eigenvalue weighted by atomic mass is 17.2.